The van der Waals surface area contributed by atoms with E-state index in [9.17, 15) is 0 Å². The van der Waals surface area contributed by atoms with Crippen LogP contribution in [0.2, 0.25) is 0 Å². The summed E-state index contributed by atoms with van der Waals surface area (Å²) in [5.41, 5.74) is 0. The van der Waals surface area contributed by atoms with Crippen molar-refractivity contribution >= 4 is 11.6 Å². The summed E-state index contributed by atoms with van der Waals surface area (Å²) in [4.78, 5) is 0. The Labute approximate surface area is 80.7 Å². The summed E-state index contributed by atoms with van der Waals surface area (Å²) >= 11 is 6.38. The molecule has 2 fully saturated rings. The van der Waals surface area contributed by atoms with Gasteiger partial charge in [0.05, 0.1) is 0 Å². The van der Waals surface area contributed by atoms with E-state index in [-0.39, 0.29) is 0 Å². The van der Waals surface area contributed by atoms with Gasteiger partial charge in [0.25, 0.3) is 0 Å². The molecule has 0 aromatic heterocycles. The number of rotatable bonds is 3. The van der Waals surface area contributed by atoms with Gasteiger partial charge in [-0.1, -0.05) is 19.8 Å². The summed E-state index contributed by atoms with van der Waals surface area (Å²) in [5, 5.41) is 0.491. The molecule has 2 bridgehead atoms. The van der Waals surface area contributed by atoms with Crippen molar-refractivity contribution in [3.05, 3.63) is 0 Å². The van der Waals surface area contributed by atoms with Crippen LogP contribution in [0.3, 0.4) is 0 Å². The first kappa shape index (κ1) is 8.87. The Morgan fingerprint density at radius 1 is 1.33 bits per heavy atom. The normalized spacial score (nSPS) is 42.0. The molecule has 0 saturated heterocycles. The molecule has 2 saturated carbocycles. The molecule has 0 heterocycles. The minimum Gasteiger partial charge on any atom is -0.123 e. The molecule has 0 N–H and O–H groups in total. The molecule has 4 atom stereocenters. The quantitative estimate of drug-likeness (QED) is 0.588. The van der Waals surface area contributed by atoms with E-state index in [0.717, 1.165) is 17.8 Å². The van der Waals surface area contributed by atoms with Crippen LogP contribution in [0, 0.1) is 17.8 Å². The fourth-order valence-electron chi connectivity index (χ4n) is 3.23. The molecule has 0 radical (unpaired) electrons. The van der Waals surface area contributed by atoms with Gasteiger partial charge in [-0.25, -0.2) is 0 Å². The van der Waals surface area contributed by atoms with E-state index in [1.807, 2.05) is 0 Å². The third-order valence-corrected chi connectivity index (χ3v) is 4.36. The summed E-state index contributed by atoms with van der Waals surface area (Å²) in [5.74, 6) is 2.94. The highest BCUT2D eigenvalue weighted by molar-refractivity contribution is 6.20. The molecule has 12 heavy (non-hydrogen) atoms. The lowest BCUT2D eigenvalue weighted by Gasteiger charge is -2.25. The third kappa shape index (κ3) is 1.51. The number of alkyl halides is 1. The molecule has 0 aromatic rings. The van der Waals surface area contributed by atoms with Crippen LogP contribution < -0.4 is 0 Å². The van der Waals surface area contributed by atoms with Crippen LogP contribution in [0.5, 0.6) is 0 Å². The van der Waals surface area contributed by atoms with Crippen LogP contribution >= 0.6 is 11.6 Å². The summed E-state index contributed by atoms with van der Waals surface area (Å²) in [6.45, 7) is 2.24. The van der Waals surface area contributed by atoms with Crippen molar-refractivity contribution in [2.45, 2.75) is 50.8 Å². The average Bonchev–Trinajstić information content (AvgIpc) is 2.64. The average molecular weight is 187 g/mol. The maximum absolute atomic E-state index is 6.38. The molecule has 70 valence electrons. The second-order valence-corrected chi connectivity index (χ2v) is 5.20. The molecule has 0 aromatic carbocycles. The maximum Gasteiger partial charge on any atom is 0.0366 e. The highest BCUT2D eigenvalue weighted by atomic mass is 35.5. The molecule has 2 rings (SSSR count). The van der Waals surface area contributed by atoms with Gasteiger partial charge in [0.2, 0.25) is 0 Å². The van der Waals surface area contributed by atoms with Crippen molar-refractivity contribution in [1.29, 1.82) is 0 Å². The highest BCUT2D eigenvalue weighted by Gasteiger charge is 2.42. The van der Waals surface area contributed by atoms with E-state index >= 15 is 0 Å². The first-order chi connectivity index (χ1) is 5.81. The van der Waals surface area contributed by atoms with Gasteiger partial charge in [0.15, 0.2) is 0 Å². The van der Waals surface area contributed by atoms with Gasteiger partial charge < -0.3 is 0 Å². The Morgan fingerprint density at radius 3 is 2.67 bits per heavy atom. The lowest BCUT2D eigenvalue weighted by molar-refractivity contribution is 0.313. The van der Waals surface area contributed by atoms with Gasteiger partial charge in [-0.05, 0) is 43.4 Å². The smallest absolute Gasteiger partial charge is 0.0366 e. The second-order valence-electron chi connectivity index (χ2n) is 4.64. The summed E-state index contributed by atoms with van der Waals surface area (Å²) < 4.78 is 0. The summed E-state index contributed by atoms with van der Waals surface area (Å²) in [6.07, 6.45) is 8.40. The zero-order valence-corrected chi connectivity index (χ0v) is 8.69. The topological polar surface area (TPSA) is 0 Å². The van der Waals surface area contributed by atoms with Crippen molar-refractivity contribution < 1.29 is 0 Å². The third-order valence-electron chi connectivity index (χ3n) is 3.82. The van der Waals surface area contributed by atoms with Crippen molar-refractivity contribution in [2.75, 3.05) is 0 Å². The van der Waals surface area contributed by atoms with Crippen molar-refractivity contribution in [1.82, 2.24) is 0 Å². The zero-order valence-electron chi connectivity index (χ0n) is 7.93. The van der Waals surface area contributed by atoms with Gasteiger partial charge >= 0.3 is 0 Å². The number of hydrogen-bond donors (Lipinski definition) is 0. The largest absolute Gasteiger partial charge is 0.123 e. The van der Waals surface area contributed by atoms with Crippen molar-refractivity contribution in [2.24, 2.45) is 17.8 Å². The molecule has 4 unspecified atom stereocenters. The predicted molar refractivity (Wildman–Crippen MR) is 53.5 cm³/mol. The summed E-state index contributed by atoms with van der Waals surface area (Å²) in [7, 11) is 0. The van der Waals surface area contributed by atoms with Crippen LogP contribution in [0.15, 0.2) is 0 Å². The van der Waals surface area contributed by atoms with Crippen LogP contribution in [0.4, 0.5) is 0 Å². The highest BCUT2D eigenvalue weighted by Crippen LogP contribution is 2.51. The molecular weight excluding hydrogens is 168 g/mol. The molecule has 0 amide bonds. The molecule has 0 spiro atoms. The zero-order chi connectivity index (χ0) is 8.55. The Balaban J connectivity index is 1.89. The Bertz CT molecular complexity index is 155. The Kier molecular flexibility index (Phi) is 2.64. The fourth-order valence-corrected chi connectivity index (χ4v) is 3.75. The van der Waals surface area contributed by atoms with Crippen molar-refractivity contribution in [3.63, 3.8) is 0 Å². The Hall–Kier alpha value is 0.290. The van der Waals surface area contributed by atoms with Crippen LogP contribution in [-0.4, -0.2) is 5.38 Å². The van der Waals surface area contributed by atoms with E-state index in [2.05, 4.69) is 6.92 Å². The minimum absolute atomic E-state index is 0.491. The standard InChI is InChI=1S/C11H19Cl/c1-2-3-11(12)10-7-8-4-5-9(10)6-8/h8-11H,2-7H2,1H3. The Morgan fingerprint density at radius 2 is 2.17 bits per heavy atom. The van der Waals surface area contributed by atoms with E-state index in [1.165, 1.54) is 38.5 Å². The number of halogens is 1. The van der Waals surface area contributed by atoms with Crippen LogP contribution in [-0.2, 0) is 0 Å². The van der Waals surface area contributed by atoms with Gasteiger partial charge in [-0.15, -0.1) is 11.6 Å². The van der Waals surface area contributed by atoms with Gasteiger partial charge in [-0.3, -0.25) is 0 Å². The molecule has 2 aliphatic carbocycles. The van der Waals surface area contributed by atoms with Crippen molar-refractivity contribution in [3.8, 4) is 0 Å². The number of hydrogen-bond acceptors (Lipinski definition) is 0. The van der Waals surface area contributed by atoms with Gasteiger partial charge in [0.1, 0.15) is 0 Å². The lowest BCUT2D eigenvalue weighted by atomic mass is 9.85. The first-order valence-corrected chi connectivity index (χ1v) is 5.89. The van der Waals surface area contributed by atoms with E-state index in [1.54, 1.807) is 0 Å². The molecule has 0 aliphatic heterocycles. The maximum atomic E-state index is 6.38. The first-order valence-electron chi connectivity index (χ1n) is 5.45. The fraction of sp³-hybridized carbons (Fsp3) is 1.00. The lowest BCUT2D eigenvalue weighted by Crippen LogP contribution is -2.20. The van der Waals surface area contributed by atoms with E-state index < -0.39 is 0 Å². The number of fused-ring (bicyclic) bond motifs is 2. The minimum atomic E-state index is 0.491. The predicted octanol–water partition coefficient (Wildman–Crippen LogP) is 3.83. The molecule has 2 aliphatic rings. The molecule has 0 nitrogen and oxygen atoms in total. The molecule has 1 heteroatoms. The van der Waals surface area contributed by atoms with E-state index in [0.29, 0.717) is 5.38 Å². The second kappa shape index (κ2) is 3.57. The van der Waals surface area contributed by atoms with E-state index in [4.69, 9.17) is 11.6 Å². The van der Waals surface area contributed by atoms with Crippen LogP contribution in [0.25, 0.3) is 0 Å². The van der Waals surface area contributed by atoms with Gasteiger partial charge in [0, 0.05) is 5.38 Å². The monoisotopic (exact) mass is 186 g/mol. The SMILES string of the molecule is CCCC(Cl)C1CC2CCC1C2. The van der Waals surface area contributed by atoms with Gasteiger partial charge in [-0.2, -0.15) is 0 Å². The molecular formula is C11H19Cl. The summed E-state index contributed by atoms with van der Waals surface area (Å²) in [6, 6.07) is 0. The van der Waals surface area contributed by atoms with Crippen LogP contribution in [0.1, 0.15) is 45.4 Å².